The standard InChI is InChI=1S/C16H29N5/c1-5-14-15(6-2)19-20-16(18-14)21(12(3)4)11-13-8-7-9-17-10-13/h12-13,17H,5-11H2,1-4H3. The zero-order valence-corrected chi connectivity index (χ0v) is 13.9. The van der Waals surface area contributed by atoms with Crippen LogP contribution in [0.2, 0.25) is 0 Å². The van der Waals surface area contributed by atoms with Crippen molar-refractivity contribution in [1.82, 2.24) is 20.5 Å². The van der Waals surface area contributed by atoms with E-state index in [4.69, 9.17) is 4.98 Å². The molecule has 2 heterocycles. The third-order valence-corrected chi connectivity index (χ3v) is 4.23. The van der Waals surface area contributed by atoms with Crippen LogP contribution < -0.4 is 10.2 Å². The summed E-state index contributed by atoms with van der Waals surface area (Å²) in [5.74, 6) is 1.48. The number of piperidine rings is 1. The van der Waals surface area contributed by atoms with E-state index in [1.807, 2.05) is 0 Å². The Bertz CT molecular complexity index is 440. The average Bonchev–Trinajstić information content (AvgIpc) is 2.52. The summed E-state index contributed by atoms with van der Waals surface area (Å²) < 4.78 is 0. The predicted octanol–water partition coefficient (Wildman–Crippen LogP) is 2.21. The van der Waals surface area contributed by atoms with Gasteiger partial charge in [0.25, 0.3) is 0 Å². The molecule has 5 heteroatoms. The van der Waals surface area contributed by atoms with Crippen molar-refractivity contribution < 1.29 is 0 Å². The second-order valence-corrected chi connectivity index (χ2v) is 6.17. The van der Waals surface area contributed by atoms with Gasteiger partial charge in [0.05, 0.1) is 11.4 Å². The Morgan fingerprint density at radius 3 is 2.52 bits per heavy atom. The van der Waals surface area contributed by atoms with Crippen LogP contribution in [0.5, 0.6) is 0 Å². The molecule has 1 N–H and O–H groups in total. The van der Waals surface area contributed by atoms with Gasteiger partial charge in [-0.05, 0) is 58.5 Å². The molecule has 1 fully saturated rings. The minimum absolute atomic E-state index is 0.394. The molecule has 1 saturated heterocycles. The van der Waals surface area contributed by atoms with Crippen molar-refractivity contribution in [2.24, 2.45) is 5.92 Å². The van der Waals surface area contributed by atoms with Crippen molar-refractivity contribution in [2.75, 3.05) is 24.5 Å². The van der Waals surface area contributed by atoms with E-state index in [-0.39, 0.29) is 0 Å². The number of hydrogen-bond acceptors (Lipinski definition) is 5. The highest BCUT2D eigenvalue weighted by Gasteiger charge is 2.22. The van der Waals surface area contributed by atoms with Crippen LogP contribution in [0, 0.1) is 5.92 Å². The number of nitrogens with zero attached hydrogens (tertiary/aromatic N) is 4. The third kappa shape index (κ3) is 4.13. The average molecular weight is 291 g/mol. The molecular weight excluding hydrogens is 262 g/mol. The van der Waals surface area contributed by atoms with E-state index in [9.17, 15) is 0 Å². The molecule has 0 radical (unpaired) electrons. The number of aromatic nitrogens is 3. The minimum atomic E-state index is 0.394. The lowest BCUT2D eigenvalue weighted by molar-refractivity contribution is 0.369. The van der Waals surface area contributed by atoms with Crippen LogP contribution in [0.1, 0.15) is 51.9 Å². The Morgan fingerprint density at radius 2 is 1.95 bits per heavy atom. The first-order chi connectivity index (χ1) is 10.2. The quantitative estimate of drug-likeness (QED) is 0.871. The van der Waals surface area contributed by atoms with Gasteiger partial charge in [-0.3, -0.25) is 0 Å². The Hall–Kier alpha value is -1.23. The Morgan fingerprint density at radius 1 is 1.19 bits per heavy atom. The summed E-state index contributed by atoms with van der Waals surface area (Å²) in [4.78, 5) is 7.09. The van der Waals surface area contributed by atoms with Gasteiger partial charge < -0.3 is 10.2 Å². The molecule has 0 bridgehead atoms. The molecule has 1 aliphatic heterocycles. The minimum Gasteiger partial charge on any atom is -0.337 e. The molecule has 1 atom stereocenters. The lowest BCUT2D eigenvalue weighted by atomic mass is 9.99. The lowest BCUT2D eigenvalue weighted by Gasteiger charge is -2.32. The van der Waals surface area contributed by atoms with Gasteiger partial charge in [0.2, 0.25) is 5.95 Å². The molecule has 21 heavy (non-hydrogen) atoms. The summed E-state index contributed by atoms with van der Waals surface area (Å²) in [6.45, 7) is 11.9. The molecule has 0 amide bonds. The Balaban J connectivity index is 2.17. The third-order valence-electron chi connectivity index (χ3n) is 4.23. The molecule has 0 spiro atoms. The zero-order valence-electron chi connectivity index (χ0n) is 13.9. The van der Waals surface area contributed by atoms with Gasteiger partial charge in [-0.15, -0.1) is 5.10 Å². The summed E-state index contributed by atoms with van der Waals surface area (Å²) in [6, 6.07) is 0.394. The van der Waals surface area contributed by atoms with Crippen molar-refractivity contribution >= 4 is 5.95 Å². The first-order valence-electron chi connectivity index (χ1n) is 8.35. The number of aryl methyl sites for hydroxylation is 2. The smallest absolute Gasteiger partial charge is 0.245 e. The van der Waals surface area contributed by atoms with Crippen LogP contribution in [0.4, 0.5) is 5.95 Å². The monoisotopic (exact) mass is 291 g/mol. The summed E-state index contributed by atoms with van der Waals surface area (Å²) in [6.07, 6.45) is 4.38. The van der Waals surface area contributed by atoms with Crippen molar-refractivity contribution in [1.29, 1.82) is 0 Å². The predicted molar refractivity (Wildman–Crippen MR) is 86.7 cm³/mol. The van der Waals surface area contributed by atoms with E-state index in [1.54, 1.807) is 0 Å². The summed E-state index contributed by atoms with van der Waals surface area (Å²) in [5, 5.41) is 12.3. The van der Waals surface area contributed by atoms with Crippen LogP contribution in [0.25, 0.3) is 0 Å². The second kappa shape index (κ2) is 7.69. The largest absolute Gasteiger partial charge is 0.337 e. The second-order valence-electron chi connectivity index (χ2n) is 6.17. The van der Waals surface area contributed by atoms with Gasteiger partial charge in [0, 0.05) is 12.6 Å². The van der Waals surface area contributed by atoms with Gasteiger partial charge in [-0.2, -0.15) is 5.10 Å². The van der Waals surface area contributed by atoms with Gasteiger partial charge in [0.1, 0.15) is 0 Å². The molecule has 2 rings (SSSR count). The van der Waals surface area contributed by atoms with Crippen molar-refractivity contribution in [3.8, 4) is 0 Å². The fourth-order valence-corrected chi connectivity index (χ4v) is 2.93. The van der Waals surface area contributed by atoms with Crippen LogP contribution in [0.15, 0.2) is 0 Å². The highest BCUT2D eigenvalue weighted by Crippen LogP contribution is 2.18. The molecule has 1 unspecified atom stereocenters. The summed E-state index contributed by atoms with van der Waals surface area (Å²) >= 11 is 0. The molecule has 0 aromatic carbocycles. The normalized spacial score (nSPS) is 19.0. The van der Waals surface area contributed by atoms with Crippen LogP contribution in [-0.2, 0) is 12.8 Å². The van der Waals surface area contributed by atoms with E-state index in [2.05, 4.69) is 48.1 Å². The van der Waals surface area contributed by atoms with E-state index >= 15 is 0 Å². The highest BCUT2D eigenvalue weighted by molar-refractivity contribution is 5.32. The molecule has 1 aromatic heterocycles. The molecule has 5 nitrogen and oxygen atoms in total. The molecular formula is C16H29N5. The van der Waals surface area contributed by atoms with Crippen molar-refractivity contribution in [2.45, 2.75) is 59.4 Å². The van der Waals surface area contributed by atoms with E-state index in [0.29, 0.717) is 12.0 Å². The van der Waals surface area contributed by atoms with Crippen molar-refractivity contribution in [3.05, 3.63) is 11.4 Å². The number of nitrogens with one attached hydrogen (secondary N) is 1. The van der Waals surface area contributed by atoms with Gasteiger partial charge in [0.15, 0.2) is 0 Å². The van der Waals surface area contributed by atoms with E-state index in [1.165, 1.54) is 12.8 Å². The Labute approximate surface area is 128 Å². The summed E-state index contributed by atoms with van der Waals surface area (Å²) in [7, 11) is 0. The maximum atomic E-state index is 4.78. The first kappa shape index (κ1) is 16.1. The lowest BCUT2D eigenvalue weighted by Crippen LogP contribution is -2.42. The molecule has 118 valence electrons. The number of hydrogen-bond donors (Lipinski definition) is 1. The van der Waals surface area contributed by atoms with E-state index in [0.717, 1.165) is 49.8 Å². The topological polar surface area (TPSA) is 53.9 Å². The van der Waals surface area contributed by atoms with Crippen LogP contribution in [-0.4, -0.2) is 40.9 Å². The SMILES string of the molecule is CCc1nnc(N(CC2CCCNC2)C(C)C)nc1CC. The maximum Gasteiger partial charge on any atom is 0.245 e. The van der Waals surface area contributed by atoms with Crippen LogP contribution in [0.3, 0.4) is 0 Å². The Kier molecular flexibility index (Phi) is 5.91. The molecule has 1 aromatic rings. The van der Waals surface area contributed by atoms with Gasteiger partial charge in [-0.1, -0.05) is 13.8 Å². The number of anilines is 1. The number of rotatable bonds is 6. The fraction of sp³-hybridized carbons (Fsp3) is 0.812. The van der Waals surface area contributed by atoms with Gasteiger partial charge >= 0.3 is 0 Å². The van der Waals surface area contributed by atoms with Crippen LogP contribution >= 0.6 is 0 Å². The highest BCUT2D eigenvalue weighted by atomic mass is 15.3. The molecule has 0 aliphatic carbocycles. The van der Waals surface area contributed by atoms with E-state index < -0.39 is 0 Å². The fourth-order valence-electron chi connectivity index (χ4n) is 2.93. The summed E-state index contributed by atoms with van der Waals surface area (Å²) in [5.41, 5.74) is 2.12. The van der Waals surface area contributed by atoms with Gasteiger partial charge in [-0.25, -0.2) is 4.98 Å². The molecule has 0 saturated carbocycles. The van der Waals surface area contributed by atoms with Crippen molar-refractivity contribution in [3.63, 3.8) is 0 Å². The maximum absolute atomic E-state index is 4.78. The molecule has 1 aliphatic rings. The first-order valence-corrected chi connectivity index (χ1v) is 8.35. The zero-order chi connectivity index (χ0) is 15.2.